The van der Waals surface area contributed by atoms with Crippen LogP contribution in [0.3, 0.4) is 0 Å². The highest BCUT2D eigenvalue weighted by Gasteiger charge is 2.17. The molecule has 0 saturated heterocycles. The van der Waals surface area contributed by atoms with Gasteiger partial charge in [0.1, 0.15) is 0 Å². The molecule has 2 N–H and O–H groups in total. The SMILES string of the molecule is CCCCCNC(=O)C(C)NC1CC=CCC1. The Hall–Kier alpha value is -0.830. The van der Waals surface area contributed by atoms with Crippen molar-refractivity contribution < 1.29 is 4.79 Å². The molecule has 3 nitrogen and oxygen atoms in total. The van der Waals surface area contributed by atoms with Gasteiger partial charge in [-0.1, -0.05) is 31.9 Å². The van der Waals surface area contributed by atoms with Crippen molar-refractivity contribution in [2.24, 2.45) is 0 Å². The Morgan fingerprint density at radius 3 is 2.88 bits per heavy atom. The first-order chi connectivity index (χ1) is 8.24. The van der Waals surface area contributed by atoms with Crippen LogP contribution in [-0.4, -0.2) is 24.5 Å². The topological polar surface area (TPSA) is 41.1 Å². The van der Waals surface area contributed by atoms with Crippen molar-refractivity contribution >= 4 is 5.91 Å². The zero-order valence-electron chi connectivity index (χ0n) is 11.2. The Balaban J connectivity index is 2.15. The fourth-order valence-corrected chi connectivity index (χ4v) is 2.11. The van der Waals surface area contributed by atoms with Crippen LogP contribution >= 0.6 is 0 Å². The largest absolute Gasteiger partial charge is 0.355 e. The van der Waals surface area contributed by atoms with Gasteiger partial charge in [-0.3, -0.25) is 4.79 Å². The third-order valence-corrected chi connectivity index (χ3v) is 3.23. The molecule has 98 valence electrons. The summed E-state index contributed by atoms with van der Waals surface area (Å²) in [5.74, 6) is 0.135. The van der Waals surface area contributed by atoms with Crippen molar-refractivity contribution in [2.45, 2.75) is 64.5 Å². The zero-order chi connectivity index (χ0) is 12.5. The van der Waals surface area contributed by atoms with Crippen LogP contribution in [0, 0.1) is 0 Å². The first kappa shape index (κ1) is 14.2. The number of hydrogen-bond donors (Lipinski definition) is 2. The molecule has 0 aromatic rings. The van der Waals surface area contributed by atoms with E-state index < -0.39 is 0 Å². The maximum absolute atomic E-state index is 11.8. The fraction of sp³-hybridized carbons (Fsp3) is 0.786. The predicted octanol–water partition coefficient (Wildman–Crippen LogP) is 2.38. The molecule has 0 aromatic heterocycles. The molecular formula is C14H26N2O. The van der Waals surface area contributed by atoms with Crippen molar-refractivity contribution in [1.82, 2.24) is 10.6 Å². The molecule has 17 heavy (non-hydrogen) atoms. The molecule has 0 saturated carbocycles. The van der Waals surface area contributed by atoms with Crippen molar-refractivity contribution in [3.8, 4) is 0 Å². The standard InChI is InChI=1S/C14H26N2O/c1-3-4-8-11-15-14(17)12(2)16-13-9-6-5-7-10-13/h5-6,12-13,16H,3-4,7-11H2,1-2H3,(H,15,17). The maximum atomic E-state index is 11.8. The first-order valence-electron chi connectivity index (χ1n) is 6.92. The summed E-state index contributed by atoms with van der Waals surface area (Å²) >= 11 is 0. The minimum absolute atomic E-state index is 0.0758. The Kier molecular flexibility index (Phi) is 6.94. The minimum atomic E-state index is -0.0758. The Bertz CT molecular complexity index is 251. The van der Waals surface area contributed by atoms with Gasteiger partial charge in [0.25, 0.3) is 0 Å². The third-order valence-electron chi connectivity index (χ3n) is 3.23. The third kappa shape index (κ3) is 5.87. The van der Waals surface area contributed by atoms with E-state index in [0.29, 0.717) is 6.04 Å². The van der Waals surface area contributed by atoms with Crippen molar-refractivity contribution in [3.05, 3.63) is 12.2 Å². The highest BCUT2D eigenvalue weighted by atomic mass is 16.2. The summed E-state index contributed by atoms with van der Waals surface area (Å²) in [4.78, 5) is 11.8. The number of carbonyl (C=O) groups excluding carboxylic acids is 1. The van der Waals surface area contributed by atoms with Crippen LogP contribution in [0.1, 0.15) is 52.4 Å². The highest BCUT2D eigenvalue weighted by molar-refractivity contribution is 5.81. The molecule has 0 radical (unpaired) electrons. The zero-order valence-corrected chi connectivity index (χ0v) is 11.2. The van der Waals surface area contributed by atoms with Crippen LogP contribution in [0.2, 0.25) is 0 Å². The molecule has 0 spiro atoms. The molecule has 2 atom stereocenters. The maximum Gasteiger partial charge on any atom is 0.236 e. The summed E-state index contributed by atoms with van der Waals surface area (Å²) < 4.78 is 0. The fourth-order valence-electron chi connectivity index (χ4n) is 2.11. The highest BCUT2D eigenvalue weighted by Crippen LogP contribution is 2.11. The second-order valence-corrected chi connectivity index (χ2v) is 4.87. The smallest absolute Gasteiger partial charge is 0.236 e. The lowest BCUT2D eigenvalue weighted by Crippen LogP contribution is -2.47. The summed E-state index contributed by atoms with van der Waals surface area (Å²) in [6.45, 7) is 4.93. The molecule has 0 heterocycles. The van der Waals surface area contributed by atoms with Gasteiger partial charge in [0.2, 0.25) is 5.91 Å². The number of rotatable bonds is 7. The van der Waals surface area contributed by atoms with E-state index in [0.717, 1.165) is 32.2 Å². The molecular weight excluding hydrogens is 212 g/mol. The summed E-state index contributed by atoms with van der Waals surface area (Å²) in [7, 11) is 0. The van der Waals surface area contributed by atoms with E-state index in [2.05, 4.69) is 29.7 Å². The van der Waals surface area contributed by atoms with Crippen LogP contribution in [0.15, 0.2) is 12.2 Å². The molecule has 0 fully saturated rings. The normalized spacial score (nSPS) is 21.2. The van der Waals surface area contributed by atoms with E-state index in [1.807, 2.05) is 6.92 Å². The molecule has 1 rings (SSSR count). The molecule has 2 unspecified atom stereocenters. The average Bonchev–Trinajstić information content (AvgIpc) is 2.35. The summed E-state index contributed by atoms with van der Waals surface area (Å²) in [5, 5.41) is 6.38. The Morgan fingerprint density at radius 2 is 2.24 bits per heavy atom. The number of carbonyl (C=O) groups is 1. The van der Waals surface area contributed by atoms with Crippen LogP contribution in [0.4, 0.5) is 0 Å². The van der Waals surface area contributed by atoms with Gasteiger partial charge in [0, 0.05) is 12.6 Å². The van der Waals surface area contributed by atoms with E-state index in [1.165, 1.54) is 12.8 Å². The number of amides is 1. The van der Waals surface area contributed by atoms with Crippen molar-refractivity contribution in [3.63, 3.8) is 0 Å². The number of unbranched alkanes of at least 4 members (excludes halogenated alkanes) is 2. The van der Waals surface area contributed by atoms with Crippen molar-refractivity contribution in [2.75, 3.05) is 6.54 Å². The van der Waals surface area contributed by atoms with Gasteiger partial charge < -0.3 is 10.6 Å². The molecule has 0 bridgehead atoms. The van der Waals surface area contributed by atoms with Crippen LogP contribution in [0.25, 0.3) is 0 Å². The second-order valence-electron chi connectivity index (χ2n) is 4.87. The number of nitrogens with one attached hydrogen (secondary N) is 2. The van der Waals surface area contributed by atoms with Gasteiger partial charge in [-0.05, 0) is 32.6 Å². The molecule has 0 aliphatic heterocycles. The van der Waals surface area contributed by atoms with Gasteiger partial charge in [-0.15, -0.1) is 0 Å². The predicted molar refractivity (Wildman–Crippen MR) is 71.9 cm³/mol. The lowest BCUT2D eigenvalue weighted by molar-refractivity contribution is -0.122. The molecule has 0 aromatic carbocycles. The lowest BCUT2D eigenvalue weighted by atomic mass is 10.0. The Labute approximate surface area is 105 Å². The van der Waals surface area contributed by atoms with E-state index in [4.69, 9.17) is 0 Å². The Morgan fingerprint density at radius 1 is 1.41 bits per heavy atom. The van der Waals surface area contributed by atoms with Gasteiger partial charge in [-0.2, -0.15) is 0 Å². The van der Waals surface area contributed by atoms with E-state index in [-0.39, 0.29) is 11.9 Å². The van der Waals surface area contributed by atoms with E-state index >= 15 is 0 Å². The average molecular weight is 238 g/mol. The van der Waals surface area contributed by atoms with Gasteiger partial charge in [0.15, 0.2) is 0 Å². The van der Waals surface area contributed by atoms with Gasteiger partial charge in [0.05, 0.1) is 6.04 Å². The second kappa shape index (κ2) is 8.29. The molecule has 1 amide bonds. The summed E-state index contributed by atoms with van der Waals surface area (Å²) in [6.07, 6.45) is 11.2. The van der Waals surface area contributed by atoms with E-state index in [9.17, 15) is 4.79 Å². The van der Waals surface area contributed by atoms with Crippen LogP contribution in [-0.2, 0) is 4.79 Å². The number of hydrogen-bond acceptors (Lipinski definition) is 2. The van der Waals surface area contributed by atoms with Crippen molar-refractivity contribution in [1.29, 1.82) is 0 Å². The first-order valence-corrected chi connectivity index (χ1v) is 6.92. The number of allylic oxidation sites excluding steroid dienone is 1. The lowest BCUT2D eigenvalue weighted by Gasteiger charge is -2.23. The molecule has 1 aliphatic carbocycles. The minimum Gasteiger partial charge on any atom is -0.355 e. The van der Waals surface area contributed by atoms with Crippen LogP contribution in [0.5, 0.6) is 0 Å². The van der Waals surface area contributed by atoms with Gasteiger partial charge in [-0.25, -0.2) is 0 Å². The molecule has 1 aliphatic rings. The summed E-state index contributed by atoms with van der Waals surface area (Å²) in [6, 6.07) is 0.393. The quantitative estimate of drug-likeness (QED) is 0.528. The monoisotopic (exact) mass is 238 g/mol. The van der Waals surface area contributed by atoms with E-state index in [1.54, 1.807) is 0 Å². The summed E-state index contributed by atoms with van der Waals surface area (Å²) in [5.41, 5.74) is 0. The van der Waals surface area contributed by atoms with Crippen LogP contribution < -0.4 is 10.6 Å². The van der Waals surface area contributed by atoms with Gasteiger partial charge >= 0.3 is 0 Å². The molecule has 3 heteroatoms.